The smallest absolute Gasteiger partial charge is 0.331 e. The van der Waals surface area contributed by atoms with Crippen LogP contribution in [0.4, 0.5) is 0 Å². The standard InChI is InChI=1S/C25H31NO6/c1-4-29-21-11-7-19(8-12-21)10-14-25(28)32-18-24(27)26-16-15-20-9-13-22(30-5-2)23(17-20)31-6-3/h7-14,17H,4-6,15-16,18H2,1-3H3,(H,26,27)/b14-10+. The Balaban J connectivity index is 1.72. The summed E-state index contributed by atoms with van der Waals surface area (Å²) < 4.78 is 21.5. The lowest BCUT2D eigenvalue weighted by Gasteiger charge is -2.12. The topological polar surface area (TPSA) is 83.1 Å². The van der Waals surface area contributed by atoms with Crippen LogP contribution >= 0.6 is 0 Å². The van der Waals surface area contributed by atoms with Gasteiger partial charge in [0.1, 0.15) is 5.75 Å². The molecule has 1 amide bonds. The number of carbonyl (C=O) groups excluding carboxylic acids is 2. The van der Waals surface area contributed by atoms with Gasteiger partial charge in [0.05, 0.1) is 19.8 Å². The maximum atomic E-state index is 11.9. The molecule has 0 fully saturated rings. The van der Waals surface area contributed by atoms with Crippen LogP contribution in [0.2, 0.25) is 0 Å². The van der Waals surface area contributed by atoms with Gasteiger partial charge in [-0.05, 0) is 68.7 Å². The summed E-state index contributed by atoms with van der Waals surface area (Å²) in [4.78, 5) is 23.8. The van der Waals surface area contributed by atoms with Gasteiger partial charge in [0.2, 0.25) is 0 Å². The van der Waals surface area contributed by atoms with E-state index >= 15 is 0 Å². The Morgan fingerprint density at radius 1 is 0.875 bits per heavy atom. The Hall–Kier alpha value is -3.48. The SMILES string of the molecule is CCOc1ccc(/C=C/C(=O)OCC(=O)NCCc2ccc(OCC)c(OCC)c2)cc1. The molecule has 172 valence electrons. The number of hydrogen-bond donors (Lipinski definition) is 1. The highest BCUT2D eigenvalue weighted by atomic mass is 16.5. The molecule has 1 N–H and O–H groups in total. The van der Waals surface area contributed by atoms with Crippen LogP contribution in [0.1, 0.15) is 31.9 Å². The Labute approximate surface area is 189 Å². The summed E-state index contributed by atoms with van der Waals surface area (Å²) in [6.45, 7) is 7.52. The minimum Gasteiger partial charge on any atom is -0.494 e. The highest BCUT2D eigenvalue weighted by molar-refractivity contribution is 5.89. The lowest BCUT2D eigenvalue weighted by Crippen LogP contribution is -2.30. The fourth-order valence-corrected chi connectivity index (χ4v) is 2.84. The zero-order valence-electron chi connectivity index (χ0n) is 18.9. The number of ether oxygens (including phenoxy) is 4. The van der Waals surface area contributed by atoms with Gasteiger partial charge in [-0.15, -0.1) is 0 Å². The molecule has 0 aromatic heterocycles. The number of carbonyl (C=O) groups is 2. The van der Waals surface area contributed by atoms with Crippen LogP contribution in [0.5, 0.6) is 17.2 Å². The zero-order valence-corrected chi connectivity index (χ0v) is 18.9. The van der Waals surface area contributed by atoms with E-state index in [1.54, 1.807) is 6.08 Å². The lowest BCUT2D eigenvalue weighted by molar-refractivity contribution is -0.143. The molecule has 0 aliphatic rings. The monoisotopic (exact) mass is 441 g/mol. The molecule has 7 heteroatoms. The number of rotatable bonds is 13. The van der Waals surface area contributed by atoms with Gasteiger partial charge < -0.3 is 24.3 Å². The maximum absolute atomic E-state index is 11.9. The molecule has 2 aromatic rings. The number of nitrogens with one attached hydrogen (secondary N) is 1. The van der Waals surface area contributed by atoms with Gasteiger partial charge in [-0.1, -0.05) is 18.2 Å². The number of esters is 1. The molecule has 7 nitrogen and oxygen atoms in total. The van der Waals surface area contributed by atoms with Crippen molar-refractivity contribution in [1.82, 2.24) is 5.32 Å². The Morgan fingerprint density at radius 2 is 1.56 bits per heavy atom. The summed E-state index contributed by atoms with van der Waals surface area (Å²) in [6.07, 6.45) is 3.53. The van der Waals surface area contributed by atoms with E-state index < -0.39 is 5.97 Å². The molecular weight excluding hydrogens is 410 g/mol. The molecule has 0 aliphatic heterocycles. The molecule has 2 rings (SSSR count). The van der Waals surface area contributed by atoms with Gasteiger partial charge in [0.25, 0.3) is 5.91 Å². The quantitative estimate of drug-likeness (QED) is 0.376. The van der Waals surface area contributed by atoms with Crippen LogP contribution in [-0.4, -0.2) is 44.8 Å². The molecular formula is C25H31NO6. The van der Waals surface area contributed by atoms with Crippen molar-refractivity contribution in [2.24, 2.45) is 0 Å². The second-order valence-corrected chi connectivity index (χ2v) is 6.69. The van der Waals surface area contributed by atoms with Crippen molar-refractivity contribution >= 4 is 18.0 Å². The summed E-state index contributed by atoms with van der Waals surface area (Å²) in [5.74, 6) is 1.22. The van der Waals surface area contributed by atoms with Gasteiger partial charge in [0, 0.05) is 12.6 Å². The summed E-state index contributed by atoms with van der Waals surface area (Å²) in [5.41, 5.74) is 1.84. The highest BCUT2D eigenvalue weighted by Crippen LogP contribution is 2.28. The summed E-state index contributed by atoms with van der Waals surface area (Å²) in [5, 5.41) is 2.74. The zero-order chi connectivity index (χ0) is 23.2. The fourth-order valence-electron chi connectivity index (χ4n) is 2.84. The van der Waals surface area contributed by atoms with Gasteiger partial charge >= 0.3 is 5.97 Å². The first kappa shape index (κ1) is 24.8. The molecule has 0 unspecified atom stereocenters. The number of amides is 1. The Morgan fingerprint density at radius 3 is 2.25 bits per heavy atom. The van der Waals surface area contributed by atoms with Crippen molar-refractivity contribution in [3.63, 3.8) is 0 Å². The van der Waals surface area contributed by atoms with Crippen LogP contribution < -0.4 is 19.5 Å². The van der Waals surface area contributed by atoms with Gasteiger partial charge in [-0.3, -0.25) is 4.79 Å². The largest absolute Gasteiger partial charge is 0.494 e. The van der Waals surface area contributed by atoms with Crippen molar-refractivity contribution in [2.75, 3.05) is 33.0 Å². The molecule has 0 radical (unpaired) electrons. The van der Waals surface area contributed by atoms with Gasteiger partial charge in [-0.2, -0.15) is 0 Å². The van der Waals surface area contributed by atoms with Crippen LogP contribution in [0.3, 0.4) is 0 Å². The van der Waals surface area contributed by atoms with Crippen LogP contribution in [0.15, 0.2) is 48.5 Å². The lowest BCUT2D eigenvalue weighted by atomic mass is 10.1. The molecule has 0 saturated heterocycles. The van der Waals surface area contributed by atoms with E-state index in [1.807, 2.05) is 63.2 Å². The third kappa shape index (κ3) is 8.71. The van der Waals surface area contributed by atoms with Crippen molar-refractivity contribution in [3.05, 3.63) is 59.7 Å². The molecule has 0 bridgehead atoms. The molecule has 0 spiro atoms. The minimum atomic E-state index is -0.582. The molecule has 0 heterocycles. The first-order valence-corrected chi connectivity index (χ1v) is 10.8. The summed E-state index contributed by atoms with van der Waals surface area (Å²) in [6, 6.07) is 13.0. The van der Waals surface area contributed by atoms with Gasteiger partial charge in [-0.25, -0.2) is 4.79 Å². The van der Waals surface area contributed by atoms with E-state index in [1.165, 1.54) is 6.08 Å². The second-order valence-electron chi connectivity index (χ2n) is 6.69. The average Bonchev–Trinajstić information content (AvgIpc) is 2.79. The second kappa shape index (κ2) is 13.7. The first-order valence-electron chi connectivity index (χ1n) is 10.8. The average molecular weight is 442 g/mol. The van der Waals surface area contributed by atoms with E-state index in [4.69, 9.17) is 18.9 Å². The van der Waals surface area contributed by atoms with Crippen molar-refractivity contribution < 1.29 is 28.5 Å². The van der Waals surface area contributed by atoms with Crippen LogP contribution in [-0.2, 0) is 20.7 Å². The van der Waals surface area contributed by atoms with Crippen LogP contribution in [0.25, 0.3) is 6.08 Å². The molecule has 2 aromatic carbocycles. The first-order chi connectivity index (χ1) is 15.5. The summed E-state index contributed by atoms with van der Waals surface area (Å²) in [7, 11) is 0. The van der Waals surface area contributed by atoms with Crippen LogP contribution in [0, 0.1) is 0 Å². The normalized spacial score (nSPS) is 10.6. The predicted octanol–water partition coefficient (Wildman–Crippen LogP) is 3.80. The molecule has 0 aliphatic carbocycles. The third-order valence-corrected chi connectivity index (χ3v) is 4.29. The molecule has 0 saturated carbocycles. The minimum absolute atomic E-state index is 0.333. The third-order valence-electron chi connectivity index (χ3n) is 4.29. The highest BCUT2D eigenvalue weighted by Gasteiger charge is 2.08. The van der Waals surface area contributed by atoms with E-state index in [0.29, 0.717) is 44.3 Å². The van der Waals surface area contributed by atoms with E-state index in [0.717, 1.165) is 16.9 Å². The van der Waals surface area contributed by atoms with E-state index in [-0.39, 0.29) is 12.5 Å². The fraction of sp³-hybridized carbons (Fsp3) is 0.360. The maximum Gasteiger partial charge on any atom is 0.331 e. The van der Waals surface area contributed by atoms with Crippen molar-refractivity contribution in [1.29, 1.82) is 0 Å². The summed E-state index contributed by atoms with van der Waals surface area (Å²) >= 11 is 0. The Bertz CT molecular complexity index is 892. The Kier molecular flexibility index (Phi) is 10.6. The van der Waals surface area contributed by atoms with Crippen molar-refractivity contribution in [2.45, 2.75) is 27.2 Å². The predicted molar refractivity (Wildman–Crippen MR) is 123 cm³/mol. The molecule has 0 atom stereocenters. The molecule has 32 heavy (non-hydrogen) atoms. The number of hydrogen-bond acceptors (Lipinski definition) is 6. The van der Waals surface area contributed by atoms with E-state index in [2.05, 4.69) is 5.32 Å². The van der Waals surface area contributed by atoms with E-state index in [9.17, 15) is 9.59 Å². The van der Waals surface area contributed by atoms with Crippen molar-refractivity contribution in [3.8, 4) is 17.2 Å². The van der Waals surface area contributed by atoms with Gasteiger partial charge in [0.15, 0.2) is 18.1 Å². The number of benzene rings is 2.